The Hall–Kier alpha value is -2.48. The van der Waals surface area contributed by atoms with Crippen molar-refractivity contribution in [3.8, 4) is 0 Å². The first-order valence-corrected chi connectivity index (χ1v) is 10.8. The Kier molecular flexibility index (Phi) is 6.61. The minimum Gasteiger partial charge on any atom is -0.348 e. The number of rotatable bonds is 7. The average Bonchev–Trinajstić information content (AvgIpc) is 2.73. The summed E-state index contributed by atoms with van der Waals surface area (Å²) in [7, 11) is -3.75. The lowest BCUT2D eigenvalue weighted by atomic mass is 10.1. The van der Waals surface area contributed by atoms with E-state index in [9.17, 15) is 13.2 Å². The molecule has 0 saturated carbocycles. The summed E-state index contributed by atoms with van der Waals surface area (Å²) in [5.41, 5.74) is 2.37. The molecule has 0 spiro atoms. The lowest BCUT2D eigenvalue weighted by molar-refractivity contribution is 0.0956. The van der Waals surface area contributed by atoms with Crippen LogP contribution in [-0.2, 0) is 10.0 Å². The average molecular weight is 400 g/mol. The maximum absolute atomic E-state index is 12.7. The summed E-state index contributed by atoms with van der Waals surface area (Å²) in [4.78, 5) is 12.5. The van der Waals surface area contributed by atoms with E-state index in [1.807, 2.05) is 30.3 Å². The van der Waals surface area contributed by atoms with E-state index in [0.29, 0.717) is 12.1 Å². The number of amides is 1. The van der Waals surface area contributed by atoms with E-state index in [1.165, 1.54) is 17.7 Å². The maximum Gasteiger partial charge on any atom is 0.251 e. The van der Waals surface area contributed by atoms with Gasteiger partial charge in [0, 0.05) is 24.7 Å². The molecule has 1 heterocycles. The summed E-state index contributed by atoms with van der Waals surface area (Å²) in [5, 5.41) is 6.09. The molecule has 1 amide bonds. The van der Waals surface area contributed by atoms with Gasteiger partial charge in [-0.1, -0.05) is 48.0 Å². The van der Waals surface area contributed by atoms with Crippen molar-refractivity contribution >= 4 is 15.9 Å². The molecule has 6 nitrogen and oxygen atoms in total. The number of hydrogen-bond donors (Lipinski definition) is 3. The van der Waals surface area contributed by atoms with Gasteiger partial charge in [0.05, 0.1) is 4.90 Å². The fraction of sp³-hybridized carbons (Fsp3) is 0.286. The number of sulfonamides is 1. The number of benzene rings is 2. The molecular formula is C21H25N3O3S. The van der Waals surface area contributed by atoms with Gasteiger partial charge in [0.1, 0.15) is 0 Å². The van der Waals surface area contributed by atoms with Gasteiger partial charge in [-0.15, -0.1) is 0 Å². The molecule has 148 valence electrons. The minimum atomic E-state index is -3.75. The molecule has 2 aromatic carbocycles. The monoisotopic (exact) mass is 399 g/mol. The molecule has 28 heavy (non-hydrogen) atoms. The van der Waals surface area contributed by atoms with Gasteiger partial charge in [-0.3, -0.25) is 4.79 Å². The number of carbonyl (C=O) groups excluding carboxylic acids is 1. The van der Waals surface area contributed by atoms with Crippen LogP contribution in [0.5, 0.6) is 0 Å². The predicted molar refractivity (Wildman–Crippen MR) is 110 cm³/mol. The zero-order chi connectivity index (χ0) is 20.0. The summed E-state index contributed by atoms with van der Waals surface area (Å²) in [6, 6.07) is 15.1. The molecule has 0 bridgehead atoms. The third-order valence-corrected chi connectivity index (χ3v) is 6.21. The first-order valence-electron chi connectivity index (χ1n) is 9.30. The Morgan fingerprint density at radius 2 is 1.93 bits per heavy atom. The molecule has 1 aliphatic heterocycles. The van der Waals surface area contributed by atoms with Crippen LogP contribution in [-0.4, -0.2) is 34.0 Å². The zero-order valence-electron chi connectivity index (χ0n) is 15.8. The molecule has 0 fully saturated rings. The van der Waals surface area contributed by atoms with E-state index in [0.717, 1.165) is 25.1 Å². The number of hydrogen-bond acceptors (Lipinski definition) is 4. The largest absolute Gasteiger partial charge is 0.348 e. The van der Waals surface area contributed by atoms with Gasteiger partial charge in [-0.2, -0.15) is 0 Å². The quantitative estimate of drug-likeness (QED) is 0.624. The van der Waals surface area contributed by atoms with Crippen molar-refractivity contribution < 1.29 is 13.2 Å². The topological polar surface area (TPSA) is 87.3 Å². The Morgan fingerprint density at radius 1 is 1.14 bits per heavy atom. The lowest BCUT2D eigenvalue weighted by Gasteiger charge is -2.16. The van der Waals surface area contributed by atoms with Crippen LogP contribution in [0.2, 0.25) is 0 Å². The molecule has 7 heteroatoms. The first kappa shape index (κ1) is 20.3. The molecule has 1 unspecified atom stereocenters. The van der Waals surface area contributed by atoms with Crippen LogP contribution < -0.4 is 15.4 Å². The molecular weight excluding hydrogens is 374 g/mol. The summed E-state index contributed by atoms with van der Waals surface area (Å²) >= 11 is 0. The van der Waals surface area contributed by atoms with Crippen molar-refractivity contribution in [2.75, 3.05) is 19.6 Å². The van der Waals surface area contributed by atoms with E-state index < -0.39 is 10.0 Å². The van der Waals surface area contributed by atoms with Gasteiger partial charge >= 0.3 is 0 Å². The summed E-state index contributed by atoms with van der Waals surface area (Å²) in [5.74, 6) is -0.285. The van der Waals surface area contributed by atoms with Gasteiger partial charge in [0.2, 0.25) is 10.0 Å². The molecule has 0 radical (unpaired) electrons. The highest BCUT2D eigenvalue weighted by Gasteiger charge is 2.20. The van der Waals surface area contributed by atoms with Crippen molar-refractivity contribution in [1.82, 2.24) is 15.4 Å². The van der Waals surface area contributed by atoms with Gasteiger partial charge in [-0.25, -0.2) is 13.1 Å². The minimum absolute atomic E-state index is 0.0732. The van der Waals surface area contributed by atoms with Crippen LogP contribution in [0.3, 0.4) is 0 Å². The van der Waals surface area contributed by atoms with Crippen LogP contribution in [0.4, 0.5) is 0 Å². The maximum atomic E-state index is 12.7. The normalized spacial score (nSPS) is 15.5. The van der Waals surface area contributed by atoms with Crippen molar-refractivity contribution in [2.45, 2.75) is 24.3 Å². The SMILES string of the molecule is CC(NS(=O)(=O)c1cccc(C(=O)NCC2=CCNCC2)c1)c1ccccc1. The van der Waals surface area contributed by atoms with Crippen molar-refractivity contribution in [3.05, 3.63) is 77.4 Å². The number of nitrogens with one attached hydrogen (secondary N) is 3. The predicted octanol–water partition coefficient (Wildman–Crippen LogP) is 2.38. The van der Waals surface area contributed by atoms with Crippen molar-refractivity contribution in [2.24, 2.45) is 0 Å². The Bertz CT molecular complexity index is 956. The van der Waals surface area contributed by atoms with Crippen LogP contribution >= 0.6 is 0 Å². The summed E-state index contributed by atoms with van der Waals surface area (Å²) in [6.07, 6.45) is 2.97. The molecule has 2 aromatic rings. The molecule has 1 atom stereocenters. The number of carbonyl (C=O) groups is 1. The van der Waals surface area contributed by atoms with E-state index in [4.69, 9.17) is 0 Å². The second-order valence-corrected chi connectivity index (χ2v) is 8.49. The highest BCUT2D eigenvalue weighted by molar-refractivity contribution is 7.89. The van der Waals surface area contributed by atoms with E-state index in [1.54, 1.807) is 19.1 Å². The molecule has 3 N–H and O–H groups in total. The molecule has 0 aliphatic carbocycles. The third-order valence-electron chi connectivity index (χ3n) is 4.67. The first-order chi connectivity index (χ1) is 13.5. The second-order valence-electron chi connectivity index (χ2n) is 6.78. The second kappa shape index (κ2) is 9.14. The molecule has 1 aliphatic rings. The summed E-state index contributed by atoms with van der Waals surface area (Å²) < 4.78 is 28.1. The highest BCUT2D eigenvalue weighted by Crippen LogP contribution is 2.18. The Labute approximate surface area is 166 Å². The van der Waals surface area contributed by atoms with Crippen molar-refractivity contribution in [3.63, 3.8) is 0 Å². The molecule has 3 rings (SSSR count). The van der Waals surface area contributed by atoms with Gasteiger partial charge in [-0.05, 0) is 43.7 Å². The van der Waals surface area contributed by atoms with Crippen LogP contribution in [0, 0.1) is 0 Å². The van der Waals surface area contributed by atoms with Crippen LogP contribution in [0.15, 0.2) is 71.1 Å². The smallest absolute Gasteiger partial charge is 0.251 e. The lowest BCUT2D eigenvalue weighted by Crippen LogP contribution is -2.30. The Balaban J connectivity index is 1.69. The van der Waals surface area contributed by atoms with E-state index in [-0.39, 0.29) is 16.8 Å². The molecule has 0 aromatic heterocycles. The van der Waals surface area contributed by atoms with Crippen LogP contribution in [0.25, 0.3) is 0 Å². The fourth-order valence-electron chi connectivity index (χ4n) is 3.04. The van der Waals surface area contributed by atoms with Gasteiger partial charge < -0.3 is 10.6 Å². The third kappa shape index (κ3) is 5.28. The van der Waals surface area contributed by atoms with Crippen LogP contribution in [0.1, 0.15) is 35.3 Å². The van der Waals surface area contributed by atoms with Gasteiger partial charge in [0.25, 0.3) is 5.91 Å². The van der Waals surface area contributed by atoms with Crippen molar-refractivity contribution in [1.29, 1.82) is 0 Å². The molecule has 0 saturated heterocycles. The van der Waals surface area contributed by atoms with E-state index >= 15 is 0 Å². The van der Waals surface area contributed by atoms with E-state index in [2.05, 4.69) is 21.4 Å². The van der Waals surface area contributed by atoms with Gasteiger partial charge in [0.15, 0.2) is 0 Å². The highest BCUT2D eigenvalue weighted by atomic mass is 32.2. The standard InChI is InChI=1S/C21H25N3O3S/c1-16(18-6-3-2-4-7-18)24-28(26,27)20-9-5-8-19(14-20)21(25)23-15-17-10-12-22-13-11-17/h2-10,14,16,22,24H,11-13,15H2,1H3,(H,23,25). The zero-order valence-corrected chi connectivity index (χ0v) is 16.6. The summed E-state index contributed by atoms with van der Waals surface area (Å²) in [6.45, 7) is 3.97. The Morgan fingerprint density at radius 3 is 2.64 bits per heavy atom. The fourth-order valence-corrected chi connectivity index (χ4v) is 4.32.